The minimum Gasteiger partial charge on any atom is -0.363 e. The van der Waals surface area contributed by atoms with E-state index in [-0.39, 0.29) is 6.04 Å². The van der Waals surface area contributed by atoms with Crippen molar-refractivity contribution in [2.75, 3.05) is 5.32 Å². The van der Waals surface area contributed by atoms with Gasteiger partial charge in [-0.05, 0) is 35.3 Å². The summed E-state index contributed by atoms with van der Waals surface area (Å²) in [4.78, 5) is 8.17. The summed E-state index contributed by atoms with van der Waals surface area (Å²) in [5.74, 6) is 0.819. The second-order valence-corrected chi connectivity index (χ2v) is 4.82. The molecule has 0 saturated heterocycles. The minimum absolute atomic E-state index is 0.220. The van der Waals surface area contributed by atoms with Crippen molar-refractivity contribution in [3.63, 3.8) is 0 Å². The molecule has 1 atom stereocenters. The van der Waals surface area contributed by atoms with Crippen LogP contribution < -0.4 is 5.32 Å². The summed E-state index contributed by atoms with van der Waals surface area (Å²) in [6, 6.07) is 10.6. The van der Waals surface area contributed by atoms with E-state index >= 15 is 0 Å². The Balaban J connectivity index is 2.11. The number of aryl methyl sites for hydroxylation is 1. The fraction of sp³-hybridized carbons (Fsp3) is 0.231. The molecule has 2 rings (SSSR count). The number of nitrogens with zero attached hydrogens (tertiary/aromatic N) is 2. The lowest BCUT2D eigenvalue weighted by Gasteiger charge is -2.15. The number of hydrogen-bond donors (Lipinski definition) is 1. The van der Waals surface area contributed by atoms with Gasteiger partial charge in [0.25, 0.3) is 0 Å². The lowest BCUT2D eigenvalue weighted by atomic mass is 10.1. The largest absolute Gasteiger partial charge is 0.363 e. The lowest BCUT2D eigenvalue weighted by molar-refractivity contribution is 0.870. The molecule has 2 aromatic rings. The highest BCUT2D eigenvalue weighted by molar-refractivity contribution is 9.10. The van der Waals surface area contributed by atoms with Crippen molar-refractivity contribution < 1.29 is 0 Å². The molecule has 1 aromatic heterocycles. The van der Waals surface area contributed by atoms with Gasteiger partial charge in [0.15, 0.2) is 0 Å². The van der Waals surface area contributed by atoms with Gasteiger partial charge in [0.05, 0.1) is 0 Å². The van der Waals surface area contributed by atoms with Gasteiger partial charge in [0.1, 0.15) is 16.7 Å². The first-order valence-electron chi connectivity index (χ1n) is 5.46. The molecule has 1 aromatic carbocycles. The summed E-state index contributed by atoms with van der Waals surface area (Å²) in [7, 11) is 0. The van der Waals surface area contributed by atoms with E-state index in [0.29, 0.717) is 0 Å². The maximum atomic E-state index is 4.17. The van der Waals surface area contributed by atoms with Crippen LogP contribution in [0.3, 0.4) is 0 Å². The molecule has 0 radical (unpaired) electrons. The zero-order valence-electron chi connectivity index (χ0n) is 9.81. The first-order chi connectivity index (χ1) is 8.15. The summed E-state index contributed by atoms with van der Waals surface area (Å²) >= 11 is 3.33. The molecule has 17 heavy (non-hydrogen) atoms. The zero-order chi connectivity index (χ0) is 12.3. The molecule has 0 aliphatic heterocycles. The Kier molecular flexibility index (Phi) is 3.74. The standard InChI is InChI=1S/C13H14BrN3/c1-9-3-5-11(6-4-9)10(2)17-13-7-12(14)15-8-16-13/h3-8,10H,1-2H3,(H,15,16,17). The van der Waals surface area contributed by atoms with E-state index in [1.807, 2.05) is 6.07 Å². The Morgan fingerprint density at radius 2 is 1.88 bits per heavy atom. The number of anilines is 1. The molecule has 0 spiro atoms. The van der Waals surface area contributed by atoms with Crippen LogP contribution in [0, 0.1) is 6.92 Å². The average Bonchev–Trinajstić information content (AvgIpc) is 2.29. The molecule has 0 aliphatic rings. The predicted molar refractivity (Wildman–Crippen MR) is 72.9 cm³/mol. The fourth-order valence-corrected chi connectivity index (χ4v) is 1.88. The first kappa shape index (κ1) is 12.0. The molecule has 4 heteroatoms. The van der Waals surface area contributed by atoms with E-state index in [0.717, 1.165) is 10.4 Å². The molecule has 0 amide bonds. The Bertz CT molecular complexity index is 496. The third-order valence-corrected chi connectivity index (χ3v) is 3.01. The second kappa shape index (κ2) is 5.27. The van der Waals surface area contributed by atoms with Crippen LogP contribution in [0.2, 0.25) is 0 Å². The van der Waals surface area contributed by atoms with Crippen molar-refractivity contribution in [1.82, 2.24) is 9.97 Å². The normalized spacial score (nSPS) is 12.2. The average molecular weight is 292 g/mol. The van der Waals surface area contributed by atoms with Gasteiger partial charge >= 0.3 is 0 Å². The van der Waals surface area contributed by atoms with Crippen LogP contribution >= 0.6 is 15.9 Å². The fourth-order valence-electron chi connectivity index (χ4n) is 1.57. The maximum absolute atomic E-state index is 4.17. The van der Waals surface area contributed by atoms with Gasteiger partial charge in [0.2, 0.25) is 0 Å². The summed E-state index contributed by atoms with van der Waals surface area (Å²) in [6.07, 6.45) is 1.54. The SMILES string of the molecule is Cc1ccc(C(C)Nc2cc(Br)ncn2)cc1. The van der Waals surface area contributed by atoms with Crippen LogP contribution in [0.1, 0.15) is 24.1 Å². The summed E-state index contributed by atoms with van der Waals surface area (Å²) in [5, 5.41) is 3.34. The van der Waals surface area contributed by atoms with Crippen molar-refractivity contribution >= 4 is 21.7 Å². The van der Waals surface area contributed by atoms with E-state index in [1.54, 1.807) is 0 Å². The van der Waals surface area contributed by atoms with Crippen molar-refractivity contribution in [2.45, 2.75) is 19.9 Å². The van der Waals surface area contributed by atoms with E-state index in [9.17, 15) is 0 Å². The third-order valence-electron chi connectivity index (χ3n) is 2.58. The van der Waals surface area contributed by atoms with Crippen molar-refractivity contribution in [1.29, 1.82) is 0 Å². The van der Waals surface area contributed by atoms with Crippen LogP contribution in [0.15, 0.2) is 41.3 Å². The Labute approximate surface area is 109 Å². The number of benzene rings is 1. The monoisotopic (exact) mass is 291 g/mol. The van der Waals surface area contributed by atoms with E-state index < -0.39 is 0 Å². The van der Waals surface area contributed by atoms with Gasteiger partial charge in [-0.1, -0.05) is 29.8 Å². The third kappa shape index (κ3) is 3.27. The summed E-state index contributed by atoms with van der Waals surface area (Å²) < 4.78 is 0.783. The summed E-state index contributed by atoms with van der Waals surface area (Å²) in [6.45, 7) is 4.20. The van der Waals surface area contributed by atoms with Crippen LogP contribution in [-0.2, 0) is 0 Å². The Morgan fingerprint density at radius 1 is 1.18 bits per heavy atom. The highest BCUT2D eigenvalue weighted by atomic mass is 79.9. The maximum Gasteiger partial charge on any atom is 0.130 e. The number of halogens is 1. The van der Waals surface area contributed by atoms with Crippen LogP contribution in [0.4, 0.5) is 5.82 Å². The number of rotatable bonds is 3. The molecule has 1 heterocycles. The topological polar surface area (TPSA) is 37.8 Å². The number of hydrogen-bond acceptors (Lipinski definition) is 3. The van der Waals surface area contributed by atoms with Gasteiger partial charge in [-0.25, -0.2) is 9.97 Å². The molecule has 0 saturated carbocycles. The molecular formula is C13H14BrN3. The van der Waals surface area contributed by atoms with Crippen LogP contribution in [0.5, 0.6) is 0 Å². The van der Waals surface area contributed by atoms with Gasteiger partial charge in [0, 0.05) is 12.1 Å². The first-order valence-corrected chi connectivity index (χ1v) is 6.25. The summed E-state index contributed by atoms with van der Waals surface area (Å²) in [5.41, 5.74) is 2.51. The lowest BCUT2D eigenvalue weighted by Crippen LogP contribution is -2.07. The number of nitrogens with one attached hydrogen (secondary N) is 1. The highest BCUT2D eigenvalue weighted by Crippen LogP contribution is 2.19. The van der Waals surface area contributed by atoms with Crippen molar-refractivity contribution in [3.05, 3.63) is 52.4 Å². The van der Waals surface area contributed by atoms with Crippen LogP contribution in [-0.4, -0.2) is 9.97 Å². The van der Waals surface area contributed by atoms with E-state index in [1.165, 1.54) is 17.5 Å². The number of aromatic nitrogens is 2. The van der Waals surface area contributed by atoms with Crippen molar-refractivity contribution in [3.8, 4) is 0 Å². The highest BCUT2D eigenvalue weighted by Gasteiger charge is 2.05. The zero-order valence-corrected chi connectivity index (χ0v) is 11.4. The molecule has 1 unspecified atom stereocenters. The minimum atomic E-state index is 0.220. The molecule has 0 bridgehead atoms. The van der Waals surface area contributed by atoms with Gasteiger partial charge in [-0.3, -0.25) is 0 Å². The Hall–Kier alpha value is -1.42. The quantitative estimate of drug-likeness (QED) is 0.876. The van der Waals surface area contributed by atoms with Crippen LogP contribution in [0.25, 0.3) is 0 Å². The molecule has 3 nitrogen and oxygen atoms in total. The predicted octanol–water partition coefficient (Wildman–Crippen LogP) is 3.72. The van der Waals surface area contributed by atoms with Crippen molar-refractivity contribution in [2.24, 2.45) is 0 Å². The Morgan fingerprint density at radius 3 is 2.53 bits per heavy atom. The van der Waals surface area contributed by atoms with E-state index in [2.05, 4.69) is 69.3 Å². The molecule has 88 valence electrons. The van der Waals surface area contributed by atoms with Gasteiger partial charge in [-0.2, -0.15) is 0 Å². The second-order valence-electron chi connectivity index (χ2n) is 4.00. The van der Waals surface area contributed by atoms with Gasteiger partial charge in [-0.15, -0.1) is 0 Å². The molecular weight excluding hydrogens is 278 g/mol. The van der Waals surface area contributed by atoms with E-state index in [4.69, 9.17) is 0 Å². The molecule has 1 N–H and O–H groups in total. The van der Waals surface area contributed by atoms with Gasteiger partial charge < -0.3 is 5.32 Å². The smallest absolute Gasteiger partial charge is 0.130 e. The molecule has 0 fully saturated rings. The molecule has 0 aliphatic carbocycles.